The number of tetrazole rings is 1. The van der Waals surface area contributed by atoms with Crippen LogP contribution in [0.2, 0.25) is 5.02 Å². The van der Waals surface area contributed by atoms with E-state index in [1.54, 1.807) is 30.3 Å². The average molecular weight is 486 g/mol. The van der Waals surface area contributed by atoms with Gasteiger partial charge in [-0.2, -0.15) is 0 Å². The molecule has 10 heteroatoms. The Bertz CT molecular complexity index is 1540. The maximum Gasteiger partial charge on any atom is 0.272 e. The van der Waals surface area contributed by atoms with Crippen molar-refractivity contribution in [1.29, 1.82) is 0 Å². The van der Waals surface area contributed by atoms with Gasteiger partial charge in [0.05, 0.1) is 23.3 Å². The van der Waals surface area contributed by atoms with Crippen molar-refractivity contribution in [3.05, 3.63) is 88.6 Å². The first-order chi connectivity index (χ1) is 17.0. The van der Waals surface area contributed by atoms with E-state index in [4.69, 9.17) is 11.6 Å². The van der Waals surface area contributed by atoms with Gasteiger partial charge in [-0.15, -0.1) is 5.10 Å². The molecular weight excluding hydrogens is 466 g/mol. The highest BCUT2D eigenvalue weighted by molar-refractivity contribution is 6.31. The molecule has 5 aromatic rings. The molecule has 0 spiro atoms. The Kier molecular flexibility index (Phi) is 5.99. The number of rotatable bonds is 6. The van der Waals surface area contributed by atoms with E-state index in [1.165, 1.54) is 0 Å². The number of carbonyl (C=O) groups excluding carboxylic acids is 2. The molecule has 0 saturated carbocycles. The van der Waals surface area contributed by atoms with Gasteiger partial charge < -0.3 is 15.6 Å². The zero-order chi connectivity index (χ0) is 24.4. The number of benzene rings is 3. The summed E-state index contributed by atoms with van der Waals surface area (Å²) in [6.45, 7) is 1.99. The molecule has 3 aromatic carbocycles. The highest BCUT2D eigenvalue weighted by atomic mass is 35.5. The first-order valence-electron chi connectivity index (χ1n) is 10.8. The highest BCUT2D eigenvalue weighted by Gasteiger charge is 2.16. The van der Waals surface area contributed by atoms with Gasteiger partial charge in [0.1, 0.15) is 5.69 Å². The molecule has 9 nitrogen and oxygen atoms in total. The van der Waals surface area contributed by atoms with E-state index in [-0.39, 0.29) is 18.2 Å². The second-order valence-electron chi connectivity index (χ2n) is 8.06. The van der Waals surface area contributed by atoms with Gasteiger partial charge in [-0.1, -0.05) is 53.6 Å². The molecule has 0 aliphatic rings. The molecule has 0 radical (unpaired) electrons. The lowest BCUT2D eigenvalue weighted by molar-refractivity contribution is -0.115. The van der Waals surface area contributed by atoms with Crippen molar-refractivity contribution in [3.8, 4) is 11.4 Å². The number of hydrogen-bond donors (Lipinski definition) is 4. The van der Waals surface area contributed by atoms with Crippen molar-refractivity contribution in [2.24, 2.45) is 0 Å². The zero-order valence-corrected chi connectivity index (χ0v) is 19.3. The van der Waals surface area contributed by atoms with Crippen LogP contribution in [0.25, 0.3) is 22.3 Å². The molecule has 35 heavy (non-hydrogen) atoms. The number of nitrogens with one attached hydrogen (secondary N) is 4. The van der Waals surface area contributed by atoms with Gasteiger partial charge in [0, 0.05) is 16.0 Å². The number of para-hydroxylation sites is 1. The first kappa shape index (κ1) is 22.3. The number of aryl methyl sites for hydroxylation is 1. The van der Waals surface area contributed by atoms with E-state index in [1.807, 2.05) is 43.3 Å². The molecule has 174 valence electrons. The summed E-state index contributed by atoms with van der Waals surface area (Å²) in [6.07, 6.45) is 0.252. The van der Waals surface area contributed by atoms with Gasteiger partial charge in [0.2, 0.25) is 5.91 Å². The molecule has 2 heterocycles. The third-order valence-corrected chi connectivity index (χ3v) is 5.69. The van der Waals surface area contributed by atoms with E-state index in [0.717, 1.165) is 16.5 Å². The summed E-state index contributed by atoms with van der Waals surface area (Å²) in [4.78, 5) is 28.9. The molecule has 0 bridgehead atoms. The second-order valence-corrected chi connectivity index (χ2v) is 8.50. The summed E-state index contributed by atoms with van der Waals surface area (Å²) in [7, 11) is 0. The molecule has 4 N–H and O–H groups in total. The molecular formula is C25H20ClN7O2. The summed E-state index contributed by atoms with van der Waals surface area (Å²) < 4.78 is 0. The molecule has 0 saturated heterocycles. The van der Waals surface area contributed by atoms with Crippen LogP contribution in [0.1, 0.15) is 21.6 Å². The van der Waals surface area contributed by atoms with Crippen molar-refractivity contribution < 1.29 is 9.59 Å². The summed E-state index contributed by atoms with van der Waals surface area (Å²) in [6, 6.07) is 20.0. The Balaban J connectivity index is 1.37. The SMILES string of the molecule is Cc1cccc(CC(=O)Nc2cccc3cc(C(=O)Nc4ccc(Cl)cc4-c4nnn[nH]4)[nH]c23)c1. The number of aromatic amines is 2. The predicted octanol–water partition coefficient (Wildman–Crippen LogP) is 4.74. The van der Waals surface area contributed by atoms with Gasteiger partial charge >= 0.3 is 0 Å². The Labute approximate surface area is 204 Å². The smallest absolute Gasteiger partial charge is 0.272 e. The minimum absolute atomic E-state index is 0.143. The lowest BCUT2D eigenvalue weighted by atomic mass is 10.1. The fraction of sp³-hybridized carbons (Fsp3) is 0.0800. The van der Waals surface area contributed by atoms with E-state index in [9.17, 15) is 9.59 Å². The highest BCUT2D eigenvalue weighted by Crippen LogP contribution is 2.29. The summed E-state index contributed by atoms with van der Waals surface area (Å²) >= 11 is 6.12. The minimum atomic E-state index is -0.366. The maximum absolute atomic E-state index is 13.1. The topological polar surface area (TPSA) is 128 Å². The van der Waals surface area contributed by atoms with Crippen molar-refractivity contribution in [3.63, 3.8) is 0 Å². The van der Waals surface area contributed by atoms with Gasteiger partial charge in [0.25, 0.3) is 5.91 Å². The summed E-state index contributed by atoms with van der Waals surface area (Å²) in [5.74, 6) is -0.137. The molecule has 5 rings (SSSR count). The summed E-state index contributed by atoms with van der Waals surface area (Å²) in [5, 5.41) is 20.8. The second kappa shape index (κ2) is 9.40. The molecule has 0 atom stereocenters. The molecule has 2 aromatic heterocycles. The first-order valence-corrected chi connectivity index (χ1v) is 11.2. The number of carbonyl (C=O) groups is 2. The standard InChI is InChI=1S/C25H20ClN7O2/c1-14-4-2-5-15(10-14)11-22(34)27-20-7-3-6-16-12-21(28-23(16)20)25(35)29-19-9-8-17(26)13-18(19)24-30-32-33-31-24/h2-10,12-13,28H,11H2,1H3,(H,27,34)(H,29,35)(H,30,31,32,33). The van der Waals surface area contributed by atoms with Crippen molar-refractivity contribution in [2.75, 3.05) is 10.6 Å². The van der Waals surface area contributed by atoms with E-state index in [0.29, 0.717) is 39.0 Å². The number of nitrogens with zero attached hydrogens (tertiary/aromatic N) is 3. The monoisotopic (exact) mass is 485 g/mol. The molecule has 0 fully saturated rings. The van der Waals surface area contributed by atoms with E-state index in [2.05, 4.69) is 36.2 Å². The van der Waals surface area contributed by atoms with Crippen molar-refractivity contribution in [2.45, 2.75) is 13.3 Å². The predicted molar refractivity (Wildman–Crippen MR) is 134 cm³/mol. The zero-order valence-electron chi connectivity index (χ0n) is 18.6. The van der Waals surface area contributed by atoms with E-state index >= 15 is 0 Å². The van der Waals surface area contributed by atoms with Crippen LogP contribution < -0.4 is 10.6 Å². The Hall–Kier alpha value is -4.50. The number of amides is 2. The Morgan fingerprint density at radius 2 is 1.83 bits per heavy atom. The largest absolute Gasteiger partial charge is 0.349 e. The number of aromatic nitrogens is 5. The van der Waals surface area contributed by atoms with Crippen LogP contribution in [0.5, 0.6) is 0 Å². The fourth-order valence-corrected chi connectivity index (χ4v) is 4.04. The van der Waals surface area contributed by atoms with Crippen LogP contribution in [0.3, 0.4) is 0 Å². The van der Waals surface area contributed by atoms with Crippen LogP contribution >= 0.6 is 11.6 Å². The van der Waals surface area contributed by atoms with Crippen LogP contribution in [-0.4, -0.2) is 37.4 Å². The maximum atomic E-state index is 13.1. The number of anilines is 2. The molecule has 2 amide bonds. The molecule has 0 unspecified atom stereocenters. The third-order valence-electron chi connectivity index (χ3n) is 5.45. The lowest BCUT2D eigenvalue weighted by Gasteiger charge is -2.09. The van der Waals surface area contributed by atoms with Crippen molar-refractivity contribution in [1.82, 2.24) is 25.6 Å². The number of H-pyrrole nitrogens is 2. The van der Waals surface area contributed by atoms with Crippen LogP contribution in [-0.2, 0) is 11.2 Å². The number of fused-ring (bicyclic) bond motifs is 1. The van der Waals surface area contributed by atoms with Crippen LogP contribution in [0.15, 0.2) is 66.7 Å². The van der Waals surface area contributed by atoms with Crippen molar-refractivity contribution >= 4 is 45.7 Å². The molecule has 0 aliphatic heterocycles. The average Bonchev–Trinajstić information content (AvgIpc) is 3.51. The lowest BCUT2D eigenvalue weighted by Crippen LogP contribution is -2.15. The van der Waals surface area contributed by atoms with Crippen LogP contribution in [0.4, 0.5) is 11.4 Å². The van der Waals surface area contributed by atoms with Gasteiger partial charge in [0.15, 0.2) is 5.82 Å². The quantitative estimate of drug-likeness (QED) is 0.276. The normalized spacial score (nSPS) is 10.9. The minimum Gasteiger partial charge on any atom is -0.349 e. The Morgan fingerprint density at radius 3 is 2.63 bits per heavy atom. The number of hydrogen-bond acceptors (Lipinski definition) is 5. The van der Waals surface area contributed by atoms with Gasteiger partial charge in [-0.3, -0.25) is 9.59 Å². The number of halogens is 1. The van der Waals surface area contributed by atoms with Gasteiger partial charge in [-0.25, -0.2) is 5.10 Å². The van der Waals surface area contributed by atoms with E-state index < -0.39 is 0 Å². The third kappa shape index (κ3) is 4.90. The molecule has 0 aliphatic carbocycles. The Morgan fingerprint density at radius 1 is 0.971 bits per heavy atom. The fourth-order valence-electron chi connectivity index (χ4n) is 3.87. The van der Waals surface area contributed by atoms with Crippen LogP contribution in [0, 0.1) is 6.92 Å². The van der Waals surface area contributed by atoms with Gasteiger partial charge in [-0.05, 0) is 53.2 Å². The summed E-state index contributed by atoms with van der Waals surface area (Å²) in [5.41, 5.74) is 4.66.